The summed E-state index contributed by atoms with van der Waals surface area (Å²) in [5, 5.41) is 9.31. The maximum absolute atomic E-state index is 11.6. The van der Waals surface area contributed by atoms with E-state index in [2.05, 4.69) is 10.2 Å². The highest BCUT2D eigenvalue weighted by Gasteiger charge is 2.14. The summed E-state index contributed by atoms with van der Waals surface area (Å²) in [6.45, 7) is 2.17. The third-order valence-corrected chi connectivity index (χ3v) is 3.83. The van der Waals surface area contributed by atoms with E-state index in [1.165, 1.54) is 0 Å². The van der Waals surface area contributed by atoms with Gasteiger partial charge < -0.3 is 9.64 Å². The number of carbonyl (C=O) groups is 1. The SMILES string of the molecule is CCOC(=O)c1ccc(C2=NN=C(N(C)C)SC2)cc1. The first-order valence-corrected chi connectivity index (χ1v) is 7.32. The summed E-state index contributed by atoms with van der Waals surface area (Å²) >= 11 is 1.65. The van der Waals surface area contributed by atoms with Crippen molar-refractivity contribution < 1.29 is 9.53 Å². The van der Waals surface area contributed by atoms with E-state index in [1.54, 1.807) is 30.8 Å². The van der Waals surface area contributed by atoms with E-state index < -0.39 is 0 Å². The largest absolute Gasteiger partial charge is 0.462 e. The molecule has 106 valence electrons. The predicted molar refractivity (Wildman–Crippen MR) is 82.5 cm³/mol. The van der Waals surface area contributed by atoms with Crippen molar-refractivity contribution >= 4 is 28.6 Å². The number of benzene rings is 1. The Morgan fingerprint density at radius 2 is 2.00 bits per heavy atom. The van der Waals surface area contributed by atoms with Crippen molar-refractivity contribution in [1.29, 1.82) is 0 Å². The molecule has 2 rings (SSSR count). The zero-order valence-electron chi connectivity index (χ0n) is 11.8. The van der Waals surface area contributed by atoms with Crippen LogP contribution in [0.4, 0.5) is 0 Å². The lowest BCUT2D eigenvalue weighted by molar-refractivity contribution is 0.0526. The van der Waals surface area contributed by atoms with E-state index in [4.69, 9.17) is 4.74 Å². The Hall–Kier alpha value is -1.82. The minimum absolute atomic E-state index is 0.299. The Bertz CT molecular complexity index is 550. The topological polar surface area (TPSA) is 54.3 Å². The maximum atomic E-state index is 11.6. The van der Waals surface area contributed by atoms with Crippen LogP contribution in [0.15, 0.2) is 34.5 Å². The Morgan fingerprint density at radius 1 is 1.30 bits per heavy atom. The highest BCUT2D eigenvalue weighted by atomic mass is 32.2. The van der Waals surface area contributed by atoms with Crippen LogP contribution < -0.4 is 0 Å². The van der Waals surface area contributed by atoms with Gasteiger partial charge in [-0.25, -0.2) is 4.79 Å². The second kappa shape index (κ2) is 6.56. The highest BCUT2D eigenvalue weighted by molar-refractivity contribution is 8.14. The molecule has 20 heavy (non-hydrogen) atoms. The summed E-state index contributed by atoms with van der Waals surface area (Å²) in [4.78, 5) is 13.5. The first kappa shape index (κ1) is 14.6. The Kier molecular flexibility index (Phi) is 4.79. The molecule has 1 aromatic carbocycles. The van der Waals surface area contributed by atoms with Gasteiger partial charge in [-0.3, -0.25) is 0 Å². The molecule has 1 heterocycles. The molecule has 0 saturated heterocycles. The van der Waals surface area contributed by atoms with Gasteiger partial charge >= 0.3 is 5.97 Å². The number of hydrogen-bond acceptors (Lipinski definition) is 6. The summed E-state index contributed by atoms with van der Waals surface area (Å²) in [5.74, 6) is 0.474. The molecule has 0 fully saturated rings. The normalized spacial score (nSPS) is 14.3. The minimum Gasteiger partial charge on any atom is -0.462 e. The third-order valence-electron chi connectivity index (χ3n) is 2.71. The zero-order chi connectivity index (χ0) is 14.5. The molecule has 0 atom stereocenters. The lowest BCUT2D eigenvalue weighted by Gasteiger charge is -2.17. The van der Waals surface area contributed by atoms with E-state index >= 15 is 0 Å². The smallest absolute Gasteiger partial charge is 0.338 e. The van der Waals surface area contributed by atoms with Crippen molar-refractivity contribution in [2.45, 2.75) is 6.92 Å². The fourth-order valence-corrected chi connectivity index (χ4v) is 2.51. The summed E-state index contributed by atoms with van der Waals surface area (Å²) in [6, 6.07) is 7.26. The minimum atomic E-state index is -0.299. The van der Waals surface area contributed by atoms with Gasteiger partial charge in [0, 0.05) is 19.8 Å². The zero-order valence-corrected chi connectivity index (χ0v) is 12.6. The van der Waals surface area contributed by atoms with Gasteiger partial charge in [0.05, 0.1) is 17.9 Å². The summed E-state index contributed by atoms with van der Waals surface area (Å²) in [7, 11) is 3.89. The van der Waals surface area contributed by atoms with Gasteiger partial charge in [-0.05, 0) is 24.6 Å². The number of ether oxygens (including phenoxy) is 1. The predicted octanol–water partition coefficient (Wildman–Crippen LogP) is 2.23. The lowest BCUT2D eigenvalue weighted by Crippen LogP contribution is -2.23. The first-order chi connectivity index (χ1) is 9.61. The molecule has 0 amide bonds. The van der Waals surface area contributed by atoms with Gasteiger partial charge in [-0.15, -0.1) is 5.10 Å². The molecule has 6 heteroatoms. The quantitative estimate of drug-likeness (QED) is 0.801. The molecule has 0 aromatic heterocycles. The van der Waals surface area contributed by atoms with Crippen molar-refractivity contribution in [3.63, 3.8) is 0 Å². The van der Waals surface area contributed by atoms with Gasteiger partial charge in [0.1, 0.15) is 0 Å². The molecule has 0 aliphatic carbocycles. The van der Waals surface area contributed by atoms with E-state index in [-0.39, 0.29) is 5.97 Å². The summed E-state index contributed by atoms with van der Waals surface area (Å²) < 4.78 is 4.95. The van der Waals surface area contributed by atoms with E-state index in [9.17, 15) is 4.79 Å². The van der Waals surface area contributed by atoms with Crippen LogP contribution in [0.3, 0.4) is 0 Å². The molecule has 0 spiro atoms. The maximum Gasteiger partial charge on any atom is 0.338 e. The standard InChI is InChI=1S/C14H17N3O2S/c1-4-19-13(18)11-7-5-10(6-8-11)12-9-20-14(16-15-12)17(2)3/h5-8H,4,9H2,1-3H3. The molecular formula is C14H17N3O2S. The van der Waals surface area contributed by atoms with Crippen molar-refractivity contribution in [3.05, 3.63) is 35.4 Å². The van der Waals surface area contributed by atoms with Crippen molar-refractivity contribution in [1.82, 2.24) is 4.90 Å². The van der Waals surface area contributed by atoms with E-state index in [0.29, 0.717) is 12.2 Å². The fourth-order valence-electron chi connectivity index (χ4n) is 1.67. The number of thioether (sulfide) groups is 1. The molecule has 1 aliphatic rings. The monoisotopic (exact) mass is 291 g/mol. The van der Waals surface area contributed by atoms with Crippen molar-refractivity contribution in [3.8, 4) is 0 Å². The van der Waals surface area contributed by atoms with Gasteiger partial charge in [0.25, 0.3) is 0 Å². The number of esters is 1. The van der Waals surface area contributed by atoms with Crippen LogP contribution in [0.5, 0.6) is 0 Å². The van der Waals surface area contributed by atoms with Crippen LogP contribution in [0.25, 0.3) is 0 Å². The molecule has 5 nitrogen and oxygen atoms in total. The second-order valence-corrected chi connectivity index (χ2v) is 5.35. The fraction of sp³-hybridized carbons (Fsp3) is 0.357. The van der Waals surface area contributed by atoms with Crippen LogP contribution in [0.1, 0.15) is 22.8 Å². The summed E-state index contributed by atoms with van der Waals surface area (Å²) in [6.07, 6.45) is 0. The van der Waals surface area contributed by atoms with Gasteiger partial charge in [0.15, 0.2) is 5.17 Å². The number of amidine groups is 1. The first-order valence-electron chi connectivity index (χ1n) is 6.34. The Morgan fingerprint density at radius 3 is 2.50 bits per heavy atom. The number of carbonyl (C=O) groups excluding carboxylic acids is 1. The Labute approximate surface area is 122 Å². The average molecular weight is 291 g/mol. The molecule has 1 aliphatic heterocycles. The average Bonchev–Trinajstić information content (AvgIpc) is 2.48. The molecule has 0 N–H and O–H groups in total. The Balaban J connectivity index is 2.13. The van der Waals surface area contributed by atoms with Crippen molar-refractivity contribution in [2.75, 3.05) is 26.5 Å². The van der Waals surface area contributed by atoms with E-state index in [1.807, 2.05) is 31.1 Å². The number of hydrogen-bond donors (Lipinski definition) is 0. The third kappa shape index (κ3) is 3.39. The molecule has 0 radical (unpaired) electrons. The van der Waals surface area contributed by atoms with Crippen LogP contribution >= 0.6 is 11.8 Å². The number of rotatable bonds is 3. The highest BCUT2D eigenvalue weighted by Crippen LogP contribution is 2.17. The molecule has 0 saturated carbocycles. The molecule has 0 unspecified atom stereocenters. The van der Waals surface area contributed by atoms with Gasteiger partial charge in [-0.1, -0.05) is 23.9 Å². The second-order valence-electron chi connectivity index (χ2n) is 4.41. The molecule has 0 bridgehead atoms. The van der Waals surface area contributed by atoms with Crippen molar-refractivity contribution in [2.24, 2.45) is 10.2 Å². The summed E-state index contributed by atoms with van der Waals surface area (Å²) in [5.41, 5.74) is 2.44. The van der Waals surface area contributed by atoms with Gasteiger partial charge in [-0.2, -0.15) is 5.10 Å². The van der Waals surface area contributed by atoms with Crippen LogP contribution in [-0.2, 0) is 4.74 Å². The van der Waals surface area contributed by atoms with Crippen LogP contribution in [0.2, 0.25) is 0 Å². The van der Waals surface area contributed by atoms with Gasteiger partial charge in [0.2, 0.25) is 0 Å². The molecular weight excluding hydrogens is 274 g/mol. The molecule has 1 aromatic rings. The van der Waals surface area contributed by atoms with Crippen LogP contribution in [0, 0.1) is 0 Å². The van der Waals surface area contributed by atoms with E-state index in [0.717, 1.165) is 22.2 Å². The van der Waals surface area contributed by atoms with Crippen LogP contribution in [-0.4, -0.2) is 48.2 Å². The number of nitrogens with zero attached hydrogens (tertiary/aromatic N) is 3. The lowest BCUT2D eigenvalue weighted by atomic mass is 10.1.